The first-order valence-corrected chi connectivity index (χ1v) is 6.77. The number of hydrogen-bond acceptors (Lipinski definition) is 4. The summed E-state index contributed by atoms with van der Waals surface area (Å²) >= 11 is 11.8. The molecule has 7 heteroatoms. The number of halogens is 2. The van der Waals surface area contributed by atoms with E-state index in [1.807, 2.05) is 6.07 Å². The van der Waals surface area contributed by atoms with Crippen LogP contribution in [-0.2, 0) is 17.6 Å². The average Bonchev–Trinajstić information content (AvgIpc) is 2.81. The van der Waals surface area contributed by atoms with Crippen LogP contribution in [0, 0.1) is 0 Å². The second-order valence-electron chi connectivity index (χ2n) is 4.26. The molecule has 0 aliphatic carbocycles. The number of aryl methyl sites for hydroxylation is 1. The van der Waals surface area contributed by atoms with Crippen LogP contribution in [0.3, 0.4) is 0 Å². The maximum Gasteiger partial charge on any atom is 0.303 e. The Bertz CT molecular complexity index is 613. The molecule has 1 heterocycles. The number of benzene rings is 1. The van der Waals surface area contributed by atoms with Gasteiger partial charge in [0.05, 0.1) is 16.5 Å². The maximum absolute atomic E-state index is 10.4. The van der Waals surface area contributed by atoms with Crippen LogP contribution in [0.4, 0.5) is 0 Å². The third-order valence-corrected chi connectivity index (χ3v) is 3.37. The number of carbonyl (C=O) groups is 1. The van der Waals surface area contributed by atoms with Crippen molar-refractivity contribution in [2.75, 3.05) is 0 Å². The molecule has 0 amide bonds. The predicted molar refractivity (Wildman–Crippen MR) is 74.1 cm³/mol. The molecule has 0 saturated heterocycles. The minimum absolute atomic E-state index is 0.0878. The fraction of sp³-hybridized carbons (Fsp3) is 0.308. The zero-order valence-corrected chi connectivity index (χ0v) is 12.0. The molecule has 20 heavy (non-hydrogen) atoms. The Balaban J connectivity index is 1.95. The molecular formula is C13H12Cl2N2O3. The van der Waals surface area contributed by atoms with E-state index in [0.717, 1.165) is 5.56 Å². The fourth-order valence-corrected chi connectivity index (χ4v) is 2.00. The Kier molecular flexibility index (Phi) is 4.98. The second-order valence-corrected chi connectivity index (χ2v) is 5.08. The van der Waals surface area contributed by atoms with E-state index in [2.05, 4.69) is 10.2 Å². The Morgan fingerprint density at radius 3 is 2.65 bits per heavy atom. The number of rotatable bonds is 6. The summed E-state index contributed by atoms with van der Waals surface area (Å²) in [5, 5.41) is 17.3. The van der Waals surface area contributed by atoms with Gasteiger partial charge in [0.1, 0.15) is 0 Å². The van der Waals surface area contributed by atoms with Gasteiger partial charge in [0.15, 0.2) is 0 Å². The Morgan fingerprint density at radius 1 is 1.20 bits per heavy atom. The summed E-state index contributed by atoms with van der Waals surface area (Å²) in [5.74, 6) is 0.0792. The van der Waals surface area contributed by atoms with Gasteiger partial charge in [-0.25, -0.2) is 0 Å². The van der Waals surface area contributed by atoms with Gasteiger partial charge in [0, 0.05) is 12.8 Å². The lowest BCUT2D eigenvalue weighted by atomic mass is 10.1. The summed E-state index contributed by atoms with van der Waals surface area (Å²) in [4.78, 5) is 10.4. The third-order valence-electron chi connectivity index (χ3n) is 2.63. The lowest BCUT2D eigenvalue weighted by Crippen LogP contribution is -1.95. The van der Waals surface area contributed by atoms with Crippen molar-refractivity contribution in [2.45, 2.75) is 25.7 Å². The number of nitrogens with zero attached hydrogens (tertiary/aromatic N) is 2. The first kappa shape index (κ1) is 14.8. The summed E-state index contributed by atoms with van der Waals surface area (Å²) in [6.45, 7) is 0. The topological polar surface area (TPSA) is 76.2 Å². The van der Waals surface area contributed by atoms with Crippen LogP contribution in [0.15, 0.2) is 22.6 Å². The quantitative estimate of drug-likeness (QED) is 0.884. The minimum Gasteiger partial charge on any atom is -0.481 e. The van der Waals surface area contributed by atoms with Gasteiger partial charge in [-0.1, -0.05) is 29.3 Å². The Hall–Kier alpha value is -1.59. The molecule has 0 radical (unpaired) electrons. The number of hydrogen-bond donors (Lipinski definition) is 1. The van der Waals surface area contributed by atoms with Gasteiger partial charge in [-0.2, -0.15) is 0 Å². The molecule has 106 valence electrons. The molecule has 0 atom stereocenters. The molecule has 0 bridgehead atoms. The van der Waals surface area contributed by atoms with Crippen molar-refractivity contribution in [1.82, 2.24) is 10.2 Å². The SMILES string of the molecule is O=C(O)CCCc1nnc(Cc2ccc(Cl)c(Cl)c2)o1. The van der Waals surface area contributed by atoms with Gasteiger partial charge < -0.3 is 9.52 Å². The molecule has 0 fully saturated rings. The summed E-state index contributed by atoms with van der Waals surface area (Å²) in [5.41, 5.74) is 0.917. The van der Waals surface area contributed by atoms with Crippen LogP contribution in [0.1, 0.15) is 30.2 Å². The summed E-state index contributed by atoms with van der Waals surface area (Å²) in [7, 11) is 0. The lowest BCUT2D eigenvalue weighted by molar-refractivity contribution is -0.137. The average molecular weight is 315 g/mol. The molecule has 0 aliphatic rings. The molecule has 1 aromatic heterocycles. The number of aromatic nitrogens is 2. The standard InChI is InChI=1S/C13H12Cl2N2O3/c14-9-5-4-8(6-10(9)15)7-12-17-16-11(20-12)2-1-3-13(18)19/h4-6H,1-3,7H2,(H,18,19). The van der Waals surface area contributed by atoms with E-state index < -0.39 is 5.97 Å². The third kappa shape index (κ3) is 4.21. The normalized spacial score (nSPS) is 10.7. The highest BCUT2D eigenvalue weighted by Gasteiger charge is 2.09. The van der Waals surface area contributed by atoms with Gasteiger partial charge in [0.2, 0.25) is 11.8 Å². The first-order chi connectivity index (χ1) is 9.54. The van der Waals surface area contributed by atoms with Crippen molar-refractivity contribution in [3.8, 4) is 0 Å². The van der Waals surface area contributed by atoms with E-state index in [1.165, 1.54) is 0 Å². The van der Waals surface area contributed by atoms with E-state index in [1.54, 1.807) is 12.1 Å². The Labute approximate surface area is 125 Å². The van der Waals surface area contributed by atoms with Crippen LogP contribution in [0.25, 0.3) is 0 Å². The number of carboxylic acids is 1. The Morgan fingerprint density at radius 2 is 1.95 bits per heavy atom. The van der Waals surface area contributed by atoms with Gasteiger partial charge in [-0.05, 0) is 24.1 Å². The second kappa shape index (κ2) is 6.72. The zero-order chi connectivity index (χ0) is 14.5. The van der Waals surface area contributed by atoms with E-state index in [0.29, 0.717) is 41.1 Å². The van der Waals surface area contributed by atoms with E-state index in [-0.39, 0.29) is 6.42 Å². The van der Waals surface area contributed by atoms with Crippen LogP contribution in [0.2, 0.25) is 10.0 Å². The number of carboxylic acid groups (broad SMARTS) is 1. The highest BCUT2D eigenvalue weighted by Crippen LogP contribution is 2.23. The molecule has 0 aliphatic heterocycles. The molecule has 0 spiro atoms. The van der Waals surface area contributed by atoms with E-state index in [9.17, 15) is 4.79 Å². The van der Waals surface area contributed by atoms with Crippen LogP contribution >= 0.6 is 23.2 Å². The molecule has 0 unspecified atom stereocenters. The molecular weight excluding hydrogens is 303 g/mol. The highest BCUT2D eigenvalue weighted by atomic mass is 35.5. The van der Waals surface area contributed by atoms with Crippen molar-refractivity contribution >= 4 is 29.2 Å². The van der Waals surface area contributed by atoms with Gasteiger partial charge >= 0.3 is 5.97 Å². The molecule has 5 nitrogen and oxygen atoms in total. The highest BCUT2D eigenvalue weighted by molar-refractivity contribution is 6.42. The van der Waals surface area contributed by atoms with Crippen LogP contribution in [0.5, 0.6) is 0 Å². The van der Waals surface area contributed by atoms with Crippen molar-refractivity contribution in [3.05, 3.63) is 45.6 Å². The largest absolute Gasteiger partial charge is 0.481 e. The van der Waals surface area contributed by atoms with Crippen molar-refractivity contribution < 1.29 is 14.3 Å². The lowest BCUT2D eigenvalue weighted by Gasteiger charge is -1.99. The smallest absolute Gasteiger partial charge is 0.303 e. The van der Waals surface area contributed by atoms with Gasteiger partial charge in [0.25, 0.3) is 0 Å². The summed E-state index contributed by atoms with van der Waals surface area (Å²) in [6, 6.07) is 5.30. The fourth-order valence-electron chi connectivity index (χ4n) is 1.68. The van der Waals surface area contributed by atoms with Gasteiger partial charge in [-0.15, -0.1) is 10.2 Å². The van der Waals surface area contributed by atoms with E-state index >= 15 is 0 Å². The number of aliphatic carboxylic acids is 1. The molecule has 1 N–H and O–H groups in total. The zero-order valence-electron chi connectivity index (χ0n) is 10.5. The van der Waals surface area contributed by atoms with E-state index in [4.69, 9.17) is 32.7 Å². The van der Waals surface area contributed by atoms with Crippen molar-refractivity contribution in [1.29, 1.82) is 0 Å². The van der Waals surface area contributed by atoms with Crippen molar-refractivity contribution in [2.24, 2.45) is 0 Å². The minimum atomic E-state index is -0.833. The first-order valence-electron chi connectivity index (χ1n) is 6.01. The molecule has 0 saturated carbocycles. The predicted octanol–water partition coefficient (Wildman–Crippen LogP) is 3.37. The summed E-state index contributed by atoms with van der Waals surface area (Å²) < 4.78 is 5.45. The summed E-state index contributed by atoms with van der Waals surface area (Å²) in [6.07, 6.45) is 1.48. The molecule has 1 aromatic carbocycles. The molecule has 2 rings (SSSR count). The monoisotopic (exact) mass is 314 g/mol. The van der Waals surface area contributed by atoms with Crippen LogP contribution in [-0.4, -0.2) is 21.3 Å². The van der Waals surface area contributed by atoms with Gasteiger partial charge in [-0.3, -0.25) is 4.79 Å². The maximum atomic E-state index is 10.4. The van der Waals surface area contributed by atoms with Crippen molar-refractivity contribution in [3.63, 3.8) is 0 Å². The molecule has 2 aromatic rings. The van der Waals surface area contributed by atoms with Crippen LogP contribution < -0.4 is 0 Å².